The normalized spacial score (nSPS) is 15.7. The number of rotatable bonds is 8. The van der Waals surface area contributed by atoms with Crippen LogP contribution in [0.2, 0.25) is 0 Å². The highest BCUT2D eigenvalue weighted by Crippen LogP contribution is 2.37. The number of fused-ring (bicyclic) bond motifs is 1. The maximum absolute atomic E-state index is 11.2. The first-order valence-electron chi connectivity index (χ1n) is 9.48. The lowest BCUT2D eigenvalue weighted by Gasteiger charge is -2.18. The summed E-state index contributed by atoms with van der Waals surface area (Å²) in [6.07, 6.45) is 2.99. The molecule has 150 valence electrons. The monoisotopic (exact) mass is 409 g/mol. The fourth-order valence-electron chi connectivity index (χ4n) is 3.57. The Bertz CT molecular complexity index is 1080. The van der Waals surface area contributed by atoms with Crippen molar-refractivity contribution in [3.8, 4) is 11.1 Å². The van der Waals surface area contributed by atoms with Crippen LogP contribution < -0.4 is 10.6 Å². The van der Waals surface area contributed by atoms with Gasteiger partial charge < -0.3 is 15.2 Å². The highest BCUT2D eigenvalue weighted by molar-refractivity contribution is 7.78. The Morgan fingerprint density at radius 2 is 2.03 bits per heavy atom. The second-order valence-electron chi connectivity index (χ2n) is 7.29. The molecule has 1 fully saturated rings. The predicted octanol–water partition coefficient (Wildman–Crippen LogP) is 3.45. The number of amides is 1. The lowest BCUT2D eigenvalue weighted by molar-refractivity contribution is -0.105. The van der Waals surface area contributed by atoms with Gasteiger partial charge in [0.25, 0.3) is 0 Å². The molecule has 1 unspecified atom stereocenters. The standard InChI is InChI=1S/C21H22N4O3S/c1-13(14-6-7-14)23-20-18-9-8-15(10-19(18)24-25-21(20)22-12-26)17-5-3-2-4-16(17)11-29(27)28/h2-5,8-10,12-14H,6-7,11H2,1H3,(H,23,24)(H,27,28)(H,22,25,26)/p-1/t13-/m1/s1. The molecule has 1 amide bonds. The molecule has 29 heavy (non-hydrogen) atoms. The molecule has 1 aliphatic rings. The van der Waals surface area contributed by atoms with E-state index in [0.29, 0.717) is 23.7 Å². The third-order valence-corrected chi connectivity index (χ3v) is 5.81. The summed E-state index contributed by atoms with van der Waals surface area (Å²) < 4.78 is 22.4. The number of aromatic nitrogens is 2. The molecule has 0 radical (unpaired) electrons. The molecule has 1 heterocycles. The topological polar surface area (TPSA) is 107 Å². The number of hydrogen-bond acceptors (Lipinski definition) is 6. The Kier molecular flexibility index (Phi) is 5.55. The number of benzene rings is 2. The average Bonchev–Trinajstić information content (AvgIpc) is 3.55. The molecule has 2 N–H and O–H groups in total. The minimum absolute atomic E-state index is 0.0478. The van der Waals surface area contributed by atoms with Crippen LogP contribution in [0.15, 0.2) is 42.5 Å². The molecule has 1 aromatic heterocycles. The number of nitrogens with zero attached hydrogens (tertiary/aromatic N) is 2. The fraction of sp³-hybridized carbons (Fsp3) is 0.286. The summed E-state index contributed by atoms with van der Waals surface area (Å²) >= 11 is -2.17. The van der Waals surface area contributed by atoms with Gasteiger partial charge in [-0.1, -0.05) is 41.4 Å². The second kappa shape index (κ2) is 8.26. The minimum atomic E-state index is -2.17. The molecule has 0 bridgehead atoms. The number of hydrogen-bond donors (Lipinski definition) is 2. The van der Waals surface area contributed by atoms with Crippen LogP contribution in [0, 0.1) is 5.92 Å². The summed E-state index contributed by atoms with van der Waals surface area (Å²) in [5.41, 5.74) is 3.86. The summed E-state index contributed by atoms with van der Waals surface area (Å²) in [6, 6.07) is 13.4. The van der Waals surface area contributed by atoms with Gasteiger partial charge in [-0.3, -0.25) is 9.00 Å². The Balaban J connectivity index is 1.78. The Morgan fingerprint density at radius 1 is 1.24 bits per heavy atom. The molecule has 0 aliphatic heterocycles. The molecule has 0 spiro atoms. The van der Waals surface area contributed by atoms with Crippen molar-refractivity contribution in [1.29, 1.82) is 0 Å². The van der Waals surface area contributed by atoms with Crippen LogP contribution >= 0.6 is 0 Å². The van der Waals surface area contributed by atoms with E-state index in [1.165, 1.54) is 12.8 Å². The van der Waals surface area contributed by atoms with Crippen molar-refractivity contribution in [1.82, 2.24) is 10.2 Å². The van der Waals surface area contributed by atoms with Gasteiger partial charge >= 0.3 is 0 Å². The molecule has 2 atom stereocenters. The van der Waals surface area contributed by atoms with E-state index in [-0.39, 0.29) is 11.8 Å². The minimum Gasteiger partial charge on any atom is -0.772 e. The zero-order valence-electron chi connectivity index (χ0n) is 15.9. The van der Waals surface area contributed by atoms with Gasteiger partial charge in [-0.2, -0.15) is 0 Å². The Hall–Kier alpha value is -2.84. The van der Waals surface area contributed by atoms with Crippen LogP contribution in [0.1, 0.15) is 25.3 Å². The van der Waals surface area contributed by atoms with Crippen molar-refractivity contribution in [2.75, 3.05) is 10.6 Å². The van der Waals surface area contributed by atoms with Crippen LogP contribution in [0.5, 0.6) is 0 Å². The van der Waals surface area contributed by atoms with Crippen molar-refractivity contribution < 1.29 is 13.6 Å². The number of anilines is 2. The zero-order valence-corrected chi connectivity index (χ0v) is 16.7. The van der Waals surface area contributed by atoms with Crippen LogP contribution in [0.25, 0.3) is 22.0 Å². The summed E-state index contributed by atoms with van der Waals surface area (Å²) in [6.45, 7) is 2.13. The smallest absolute Gasteiger partial charge is 0.212 e. The number of carbonyl (C=O) groups excluding carboxylic acids is 1. The quantitative estimate of drug-likeness (QED) is 0.436. The van der Waals surface area contributed by atoms with Crippen LogP contribution in [-0.2, 0) is 21.6 Å². The number of nitrogens with one attached hydrogen (secondary N) is 2. The van der Waals surface area contributed by atoms with Gasteiger partial charge in [-0.25, -0.2) is 0 Å². The first-order valence-corrected chi connectivity index (χ1v) is 10.7. The second-order valence-corrected chi connectivity index (χ2v) is 8.19. The average molecular weight is 409 g/mol. The van der Waals surface area contributed by atoms with Crippen LogP contribution in [-0.4, -0.2) is 31.4 Å². The third kappa shape index (κ3) is 4.28. The molecule has 1 saturated carbocycles. The van der Waals surface area contributed by atoms with Gasteiger partial charge in [0.05, 0.1) is 11.2 Å². The molecular formula is C21H21N4O3S-. The molecular weight excluding hydrogens is 388 g/mol. The van der Waals surface area contributed by atoms with E-state index < -0.39 is 11.1 Å². The van der Waals surface area contributed by atoms with Crippen molar-refractivity contribution >= 4 is 39.9 Å². The van der Waals surface area contributed by atoms with E-state index in [9.17, 15) is 13.6 Å². The molecule has 4 rings (SSSR count). The van der Waals surface area contributed by atoms with Crippen LogP contribution in [0.4, 0.5) is 11.5 Å². The predicted molar refractivity (Wildman–Crippen MR) is 113 cm³/mol. The van der Waals surface area contributed by atoms with Crippen molar-refractivity contribution in [2.24, 2.45) is 5.92 Å². The van der Waals surface area contributed by atoms with E-state index in [2.05, 4.69) is 27.8 Å². The van der Waals surface area contributed by atoms with Gasteiger partial charge in [0.2, 0.25) is 6.41 Å². The van der Waals surface area contributed by atoms with Gasteiger partial charge in [0.1, 0.15) is 0 Å². The van der Waals surface area contributed by atoms with Gasteiger partial charge in [0.15, 0.2) is 5.82 Å². The highest BCUT2D eigenvalue weighted by Gasteiger charge is 2.29. The fourth-order valence-corrected chi connectivity index (χ4v) is 4.08. The van der Waals surface area contributed by atoms with Crippen LogP contribution in [0.3, 0.4) is 0 Å². The summed E-state index contributed by atoms with van der Waals surface area (Å²) in [7, 11) is 0. The van der Waals surface area contributed by atoms with E-state index >= 15 is 0 Å². The van der Waals surface area contributed by atoms with E-state index in [1.54, 1.807) is 0 Å². The maximum atomic E-state index is 11.2. The van der Waals surface area contributed by atoms with Crippen molar-refractivity contribution in [3.63, 3.8) is 0 Å². The molecule has 0 saturated heterocycles. The molecule has 1 aliphatic carbocycles. The molecule has 2 aromatic carbocycles. The Labute approximate surface area is 171 Å². The van der Waals surface area contributed by atoms with Gasteiger partial charge in [-0.05, 0) is 54.5 Å². The lowest BCUT2D eigenvalue weighted by atomic mass is 9.99. The first-order chi connectivity index (χ1) is 14.1. The first kappa shape index (κ1) is 19.5. The summed E-state index contributed by atoms with van der Waals surface area (Å²) in [4.78, 5) is 11.0. The van der Waals surface area contributed by atoms with E-state index in [1.807, 2.05) is 42.5 Å². The molecule has 7 nitrogen and oxygen atoms in total. The van der Waals surface area contributed by atoms with Crippen molar-refractivity contribution in [3.05, 3.63) is 48.0 Å². The lowest BCUT2D eigenvalue weighted by Crippen LogP contribution is -2.19. The third-order valence-electron chi connectivity index (χ3n) is 5.26. The summed E-state index contributed by atoms with van der Waals surface area (Å²) in [5, 5.41) is 15.4. The zero-order chi connectivity index (χ0) is 20.4. The largest absolute Gasteiger partial charge is 0.772 e. The highest BCUT2D eigenvalue weighted by atomic mass is 32.2. The van der Waals surface area contributed by atoms with Crippen molar-refractivity contribution in [2.45, 2.75) is 31.6 Å². The Morgan fingerprint density at radius 3 is 2.76 bits per heavy atom. The van der Waals surface area contributed by atoms with Gasteiger partial charge in [-0.15, -0.1) is 10.2 Å². The van der Waals surface area contributed by atoms with Gasteiger partial charge in [0, 0.05) is 17.2 Å². The molecule has 8 heteroatoms. The summed E-state index contributed by atoms with van der Waals surface area (Å²) in [5.74, 6) is 0.977. The van der Waals surface area contributed by atoms with E-state index in [0.717, 1.165) is 27.8 Å². The molecule has 3 aromatic rings. The maximum Gasteiger partial charge on any atom is 0.212 e. The van der Waals surface area contributed by atoms with E-state index in [4.69, 9.17) is 0 Å². The number of carbonyl (C=O) groups is 1. The SMILES string of the molecule is C[C@@H](Nc1c(NC=O)nnc2cc(-c3ccccc3CS(=O)[O-])ccc12)C1CC1.